The van der Waals surface area contributed by atoms with Gasteiger partial charge in [0, 0.05) is 29.6 Å². The second-order valence-corrected chi connectivity index (χ2v) is 7.75. The number of para-hydroxylation sites is 1. The molecule has 5 aromatic rings. The van der Waals surface area contributed by atoms with Crippen LogP contribution in [-0.2, 0) is 6.54 Å². The largest absolute Gasteiger partial charge is 0.348 e. The van der Waals surface area contributed by atoms with Crippen LogP contribution >= 0.6 is 0 Å². The molecule has 9 heteroatoms. The van der Waals surface area contributed by atoms with Gasteiger partial charge in [-0.3, -0.25) is 4.79 Å². The summed E-state index contributed by atoms with van der Waals surface area (Å²) in [6.45, 7) is 1.78. The van der Waals surface area contributed by atoms with Crippen LogP contribution in [0.15, 0.2) is 79.1 Å². The molecular formula is C25H20F2N6O. The van der Waals surface area contributed by atoms with Gasteiger partial charge in [-0.05, 0) is 25.1 Å². The van der Waals surface area contributed by atoms with Crippen molar-refractivity contribution >= 4 is 11.6 Å². The molecule has 0 spiro atoms. The van der Waals surface area contributed by atoms with Crippen molar-refractivity contribution in [2.45, 2.75) is 19.9 Å². The highest BCUT2D eigenvalue weighted by atomic mass is 19.3. The van der Waals surface area contributed by atoms with Gasteiger partial charge in [0.15, 0.2) is 5.65 Å². The number of aromatic nitrogens is 5. The highest BCUT2D eigenvalue weighted by molar-refractivity contribution is 5.99. The van der Waals surface area contributed by atoms with Gasteiger partial charge in [-0.2, -0.15) is 10.2 Å². The molecule has 1 N–H and O–H groups in total. The smallest absolute Gasteiger partial charge is 0.280 e. The predicted octanol–water partition coefficient (Wildman–Crippen LogP) is 4.76. The van der Waals surface area contributed by atoms with Gasteiger partial charge in [0.25, 0.3) is 12.3 Å². The molecule has 170 valence electrons. The van der Waals surface area contributed by atoms with Crippen LogP contribution in [-0.4, -0.2) is 30.3 Å². The number of halogens is 2. The zero-order valence-corrected chi connectivity index (χ0v) is 18.2. The van der Waals surface area contributed by atoms with E-state index in [9.17, 15) is 13.6 Å². The third kappa shape index (κ3) is 4.03. The summed E-state index contributed by atoms with van der Waals surface area (Å²) in [6.07, 6.45) is 0.386. The van der Waals surface area contributed by atoms with Crippen LogP contribution in [0.1, 0.15) is 33.7 Å². The fourth-order valence-electron chi connectivity index (χ4n) is 3.79. The highest BCUT2D eigenvalue weighted by Gasteiger charge is 2.21. The highest BCUT2D eigenvalue weighted by Crippen LogP contribution is 2.24. The van der Waals surface area contributed by atoms with Gasteiger partial charge < -0.3 is 5.32 Å². The molecular weight excluding hydrogens is 438 g/mol. The third-order valence-corrected chi connectivity index (χ3v) is 5.39. The van der Waals surface area contributed by atoms with E-state index in [1.807, 2.05) is 66.9 Å². The summed E-state index contributed by atoms with van der Waals surface area (Å²) in [5.41, 5.74) is 3.63. The second-order valence-electron chi connectivity index (χ2n) is 7.75. The molecule has 0 bridgehead atoms. The quantitative estimate of drug-likeness (QED) is 0.398. The lowest BCUT2D eigenvalue weighted by Gasteiger charge is -2.07. The lowest BCUT2D eigenvalue weighted by atomic mass is 10.1. The SMILES string of the molecule is Cc1cc(C(F)F)n2ncc(C(=O)NCc3cn(-c4ccccc4)nc3-c3ccccc3)c2n1. The van der Waals surface area contributed by atoms with Crippen molar-refractivity contribution in [3.8, 4) is 16.9 Å². The predicted molar refractivity (Wildman–Crippen MR) is 123 cm³/mol. The molecule has 0 saturated heterocycles. The Balaban J connectivity index is 1.46. The minimum absolute atomic E-state index is 0.0936. The molecule has 7 nitrogen and oxygen atoms in total. The Morgan fingerprint density at radius 1 is 1.06 bits per heavy atom. The van der Waals surface area contributed by atoms with Gasteiger partial charge in [-0.15, -0.1) is 0 Å². The Bertz CT molecular complexity index is 1460. The summed E-state index contributed by atoms with van der Waals surface area (Å²) >= 11 is 0. The molecule has 3 aromatic heterocycles. The molecule has 2 aromatic carbocycles. The monoisotopic (exact) mass is 458 g/mol. The third-order valence-electron chi connectivity index (χ3n) is 5.39. The number of alkyl halides is 2. The van der Waals surface area contributed by atoms with Gasteiger partial charge >= 0.3 is 0 Å². The summed E-state index contributed by atoms with van der Waals surface area (Å²) in [6, 6.07) is 20.6. The average Bonchev–Trinajstić information content (AvgIpc) is 3.48. The van der Waals surface area contributed by atoms with E-state index < -0.39 is 12.3 Å². The molecule has 0 saturated carbocycles. The average molecular weight is 458 g/mol. The number of hydrogen-bond donors (Lipinski definition) is 1. The van der Waals surface area contributed by atoms with Gasteiger partial charge in [0.1, 0.15) is 11.3 Å². The summed E-state index contributed by atoms with van der Waals surface area (Å²) in [7, 11) is 0. The summed E-state index contributed by atoms with van der Waals surface area (Å²) in [5, 5.41) is 11.6. The zero-order valence-electron chi connectivity index (χ0n) is 18.2. The lowest BCUT2D eigenvalue weighted by molar-refractivity contribution is 0.0952. The zero-order chi connectivity index (χ0) is 23.7. The van der Waals surface area contributed by atoms with Gasteiger partial charge in [-0.1, -0.05) is 48.5 Å². The molecule has 0 radical (unpaired) electrons. The molecule has 0 fully saturated rings. The van der Waals surface area contributed by atoms with Crippen LogP contribution < -0.4 is 5.32 Å². The molecule has 0 aliphatic carbocycles. The van der Waals surface area contributed by atoms with Crippen molar-refractivity contribution in [2.75, 3.05) is 0 Å². The first-order chi connectivity index (χ1) is 16.5. The maximum absolute atomic E-state index is 13.4. The van der Waals surface area contributed by atoms with E-state index in [1.165, 1.54) is 12.3 Å². The maximum atomic E-state index is 13.4. The first-order valence-corrected chi connectivity index (χ1v) is 10.6. The molecule has 34 heavy (non-hydrogen) atoms. The number of fused-ring (bicyclic) bond motifs is 1. The Morgan fingerprint density at radius 3 is 2.47 bits per heavy atom. The molecule has 5 rings (SSSR count). The van der Waals surface area contributed by atoms with Crippen LogP contribution in [0.5, 0.6) is 0 Å². The Kier molecular flexibility index (Phi) is 5.59. The van der Waals surface area contributed by atoms with Crippen LogP contribution in [0.4, 0.5) is 8.78 Å². The molecule has 3 heterocycles. The normalized spacial score (nSPS) is 11.3. The number of rotatable bonds is 6. The minimum Gasteiger partial charge on any atom is -0.348 e. The van der Waals surface area contributed by atoms with Crippen molar-refractivity contribution in [1.29, 1.82) is 0 Å². The van der Waals surface area contributed by atoms with Crippen LogP contribution in [0.25, 0.3) is 22.6 Å². The van der Waals surface area contributed by atoms with E-state index in [1.54, 1.807) is 11.6 Å². The number of nitrogens with one attached hydrogen (secondary N) is 1. The first kappa shape index (κ1) is 21.4. The second kappa shape index (κ2) is 8.86. The van der Waals surface area contributed by atoms with E-state index in [4.69, 9.17) is 5.10 Å². The summed E-state index contributed by atoms with van der Waals surface area (Å²) in [4.78, 5) is 17.2. The van der Waals surface area contributed by atoms with Crippen molar-refractivity contribution in [2.24, 2.45) is 0 Å². The standard InChI is InChI=1S/C25H20F2N6O/c1-16-12-21(23(26)27)33-24(30-16)20(14-29-33)25(34)28-13-18-15-32(19-10-6-3-7-11-19)31-22(18)17-8-4-2-5-9-17/h2-12,14-15,23H,13H2,1H3,(H,28,34). The summed E-state index contributed by atoms with van der Waals surface area (Å²) < 4.78 is 29.6. The number of carbonyl (C=O) groups excluding carboxylic acids is 1. The minimum atomic E-state index is -2.74. The Morgan fingerprint density at radius 2 is 1.76 bits per heavy atom. The van der Waals surface area contributed by atoms with Gasteiger partial charge in [-0.25, -0.2) is 23.0 Å². The number of amides is 1. The van der Waals surface area contributed by atoms with Gasteiger partial charge in [0.05, 0.1) is 17.6 Å². The van der Waals surface area contributed by atoms with Crippen molar-refractivity contribution in [3.63, 3.8) is 0 Å². The first-order valence-electron chi connectivity index (χ1n) is 10.6. The number of aryl methyl sites for hydroxylation is 1. The summed E-state index contributed by atoms with van der Waals surface area (Å²) in [5.74, 6) is -0.459. The fraction of sp³-hybridized carbons (Fsp3) is 0.120. The van der Waals surface area contributed by atoms with Crippen LogP contribution in [0.3, 0.4) is 0 Å². The molecule has 0 aliphatic rings. The van der Waals surface area contributed by atoms with E-state index in [0.717, 1.165) is 27.0 Å². The van der Waals surface area contributed by atoms with E-state index in [2.05, 4.69) is 15.4 Å². The van der Waals surface area contributed by atoms with E-state index >= 15 is 0 Å². The fourth-order valence-corrected chi connectivity index (χ4v) is 3.79. The number of carbonyl (C=O) groups is 1. The molecule has 1 amide bonds. The van der Waals surface area contributed by atoms with E-state index in [0.29, 0.717) is 5.69 Å². The van der Waals surface area contributed by atoms with Crippen molar-refractivity contribution in [1.82, 2.24) is 29.7 Å². The number of benzene rings is 2. The molecule has 0 atom stereocenters. The lowest BCUT2D eigenvalue weighted by Crippen LogP contribution is -2.23. The van der Waals surface area contributed by atoms with Crippen molar-refractivity contribution in [3.05, 3.63) is 102 Å². The molecule has 0 aliphatic heterocycles. The number of hydrogen-bond acceptors (Lipinski definition) is 4. The Labute approximate surface area is 193 Å². The van der Waals surface area contributed by atoms with Crippen LogP contribution in [0.2, 0.25) is 0 Å². The number of nitrogens with zero attached hydrogens (tertiary/aromatic N) is 5. The maximum Gasteiger partial charge on any atom is 0.280 e. The molecule has 0 unspecified atom stereocenters. The van der Waals surface area contributed by atoms with Crippen molar-refractivity contribution < 1.29 is 13.6 Å². The topological polar surface area (TPSA) is 77.1 Å². The van der Waals surface area contributed by atoms with Gasteiger partial charge in [0.2, 0.25) is 0 Å². The van der Waals surface area contributed by atoms with E-state index in [-0.39, 0.29) is 23.4 Å². The Hall–Kier alpha value is -4.40. The van der Waals surface area contributed by atoms with Crippen LogP contribution in [0, 0.1) is 6.92 Å².